The summed E-state index contributed by atoms with van der Waals surface area (Å²) in [6, 6.07) is 12.5. The zero-order valence-electron chi connectivity index (χ0n) is 23.5. The van der Waals surface area contributed by atoms with Crippen LogP contribution in [0.15, 0.2) is 48.5 Å². The van der Waals surface area contributed by atoms with Crippen LogP contribution in [0, 0.1) is 17.6 Å². The molecule has 0 amide bonds. The van der Waals surface area contributed by atoms with Gasteiger partial charge >= 0.3 is 0 Å². The Balaban J connectivity index is 0.00000420. The van der Waals surface area contributed by atoms with Gasteiger partial charge in [-0.15, -0.1) is 0 Å². The van der Waals surface area contributed by atoms with Crippen LogP contribution in [0.25, 0.3) is 0 Å². The molecule has 0 aliphatic carbocycles. The molecule has 2 saturated heterocycles. The van der Waals surface area contributed by atoms with E-state index in [-0.39, 0.29) is 25.1 Å². The number of rotatable bonds is 9. The van der Waals surface area contributed by atoms with E-state index in [1.165, 1.54) is 63.0 Å². The van der Waals surface area contributed by atoms with Crippen LogP contribution in [-0.2, 0) is 0 Å². The monoisotopic (exact) mass is 530 g/mol. The first-order valence-electron chi connectivity index (χ1n) is 14.4. The Labute approximate surface area is 229 Å². The van der Waals surface area contributed by atoms with E-state index in [0.29, 0.717) is 0 Å². The first-order valence-corrected chi connectivity index (χ1v) is 14.4. The topological polar surface area (TPSA) is 42.0 Å². The van der Waals surface area contributed by atoms with Gasteiger partial charge in [-0.3, -0.25) is 10.2 Å². The third kappa shape index (κ3) is 7.39. The summed E-state index contributed by atoms with van der Waals surface area (Å²) in [5.74, 6) is -1.16. The molecular formula is C31H48F2N4O. The Bertz CT molecular complexity index is 961. The van der Waals surface area contributed by atoms with E-state index in [1.54, 1.807) is 24.3 Å². The minimum Gasteiger partial charge on any atom is -0.363 e. The van der Waals surface area contributed by atoms with E-state index in [4.69, 9.17) is 0 Å². The van der Waals surface area contributed by atoms with Crippen molar-refractivity contribution in [3.8, 4) is 0 Å². The van der Waals surface area contributed by atoms with Gasteiger partial charge in [0.2, 0.25) is 0 Å². The number of likely N-dealkylation sites (tertiary alicyclic amines) is 1. The molecule has 4 atom stereocenters. The molecule has 0 bridgehead atoms. The van der Waals surface area contributed by atoms with Gasteiger partial charge in [-0.25, -0.2) is 8.78 Å². The maximum atomic E-state index is 13.7. The van der Waals surface area contributed by atoms with Crippen LogP contribution in [0.3, 0.4) is 0 Å². The van der Waals surface area contributed by atoms with Crippen molar-refractivity contribution < 1.29 is 15.3 Å². The largest absolute Gasteiger partial charge is 0.363 e. The highest BCUT2D eigenvalue weighted by molar-refractivity contribution is 5.32. The maximum Gasteiger partial charge on any atom is 0.172 e. The third-order valence-corrected chi connectivity index (χ3v) is 8.58. The van der Waals surface area contributed by atoms with E-state index in [1.807, 2.05) is 6.92 Å². The van der Waals surface area contributed by atoms with Crippen LogP contribution in [0.1, 0.15) is 71.5 Å². The van der Waals surface area contributed by atoms with Crippen LogP contribution < -0.4 is 5.32 Å². The number of piperazine rings is 1. The molecule has 0 saturated carbocycles. The average Bonchev–Trinajstić information content (AvgIpc) is 3.10. The number of benzene rings is 2. The number of hydrogen-bond donors (Lipinski definition) is 2. The SMILES string of the molecule is CCC1CN(CCC2CCCN(C)CC2)CC(C)N1C(C)(O)NC(c1ccc(F)cc1)c1ccc(F)cc1.[HH]. The van der Waals surface area contributed by atoms with Crippen LogP contribution in [-0.4, -0.2) is 77.5 Å². The molecule has 212 valence electrons. The maximum absolute atomic E-state index is 13.7. The van der Waals surface area contributed by atoms with Crippen molar-refractivity contribution in [1.29, 1.82) is 0 Å². The van der Waals surface area contributed by atoms with Gasteiger partial charge in [-0.2, -0.15) is 0 Å². The van der Waals surface area contributed by atoms with E-state index in [9.17, 15) is 13.9 Å². The number of nitrogens with zero attached hydrogens (tertiary/aromatic N) is 3. The van der Waals surface area contributed by atoms with Crippen LogP contribution in [0.5, 0.6) is 0 Å². The van der Waals surface area contributed by atoms with Gasteiger partial charge in [-0.1, -0.05) is 31.2 Å². The Hall–Kier alpha value is -1.90. The summed E-state index contributed by atoms with van der Waals surface area (Å²) < 4.78 is 27.4. The van der Waals surface area contributed by atoms with E-state index < -0.39 is 11.9 Å². The molecule has 2 aromatic rings. The molecule has 38 heavy (non-hydrogen) atoms. The van der Waals surface area contributed by atoms with Gasteiger partial charge in [0, 0.05) is 26.6 Å². The Kier molecular flexibility index (Phi) is 9.93. The number of halogens is 2. The first-order chi connectivity index (χ1) is 18.2. The Morgan fingerprint density at radius 3 is 2.18 bits per heavy atom. The number of aliphatic hydroxyl groups is 1. The van der Waals surface area contributed by atoms with Gasteiger partial charge < -0.3 is 14.9 Å². The highest BCUT2D eigenvalue weighted by atomic mass is 19.1. The quantitative estimate of drug-likeness (QED) is 0.422. The van der Waals surface area contributed by atoms with Crippen molar-refractivity contribution >= 4 is 0 Å². The smallest absolute Gasteiger partial charge is 0.172 e. The minimum absolute atomic E-state index is 0. The second-order valence-electron chi connectivity index (χ2n) is 11.7. The molecule has 2 aliphatic rings. The van der Waals surface area contributed by atoms with Gasteiger partial charge in [0.15, 0.2) is 5.85 Å². The molecule has 0 radical (unpaired) electrons. The molecule has 7 heteroatoms. The Morgan fingerprint density at radius 2 is 1.61 bits per heavy atom. The molecule has 0 spiro atoms. The lowest BCUT2D eigenvalue weighted by molar-refractivity contribution is -0.181. The third-order valence-electron chi connectivity index (χ3n) is 8.58. The molecule has 0 aromatic heterocycles. The summed E-state index contributed by atoms with van der Waals surface area (Å²) in [6.45, 7) is 11.5. The zero-order chi connectivity index (χ0) is 27.3. The lowest BCUT2D eigenvalue weighted by Gasteiger charge is -2.52. The average molecular weight is 531 g/mol. The molecule has 2 N–H and O–H groups in total. The number of nitrogens with one attached hydrogen (secondary N) is 1. The highest BCUT2D eigenvalue weighted by Crippen LogP contribution is 2.31. The van der Waals surface area contributed by atoms with E-state index >= 15 is 0 Å². The van der Waals surface area contributed by atoms with Crippen molar-refractivity contribution in [1.82, 2.24) is 20.0 Å². The van der Waals surface area contributed by atoms with Crippen molar-refractivity contribution in [2.75, 3.05) is 39.8 Å². The van der Waals surface area contributed by atoms with Gasteiger partial charge in [0.05, 0.1) is 6.04 Å². The molecule has 2 aliphatic heterocycles. The molecule has 2 fully saturated rings. The summed E-state index contributed by atoms with van der Waals surface area (Å²) in [5.41, 5.74) is 1.62. The molecule has 5 nitrogen and oxygen atoms in total. The molecule has 4 unspecified atom stereocenters. The fourth-order valence-electron chi connectivity index (χ4n) is 6.56. The van der Waals surface area contributed by atoms with E-state index in [2.05, 4.69) is 40.9 Å². The lowest BCUT2D eigenvalue weighted by atomic mass is 9.95. The molecule has 2 aromatic carbocycles. The second-order valence-corrected chi connectivity index (χ2v) is 11.7. The summed E-state index contributed by atoms with van der Waals surface area (Å²) in [6.07, 6.45) is 6.06. The fourth-order valence-corrected chi connectivity index (χ4v) is 6.56. The predicted molar refractivity (Wildman–Crippen MR) is 152 cm³/mol. The van der Waals surface area contributed by atoms with Crippen molar-refractivity contribution in [2.45, 2.75) is 76.8 Å². The lowest BCUT2D eigenvalue weighted by Crippen LogP contribution is -2.69. The minimum atomic E-state index is -1.33. The summed E-state index contributed by atoms with van der Waals surface area (Å²) >= 11 is 0. The molecule has 4 rings (SSSR count). The van der Waals surface area contributed by atoms with Gasteiger partial charge in [-0.05, 0) is 114 Å². The summed E-state index contributed by atoms with van der Waals surface area (Å²) in [7, 11) is 2.23. The van der Waals surface area contributed by atoms with Crippen molar-refractivity contribution in [3.63, 3.8) is 0 Å². The predicted octanol–water partition coefficient (Wildman–Crippen LogP) is 5.46. The van der Waals surface area contributed by atoms with Crippen molar-refractivity contribution in [3.05, 3.63) is 71.3 Å². The molecular weight excluding hydrogens is 482 g/mol. The standard InChI is InChI=1S/C31H46F2N4O.H2/c1-5-29-22-36(20-17-24-7-6-18-35(4)19-16-24)21-23(2)37(29)31(3,38)34-30(25-8-12-27(32)13-9-25)26-10-14-28(33)15-11-26;/h8-15,23-24,29-30,34,38H,5-7,16-22H2,1-4H3;1H. The number of hydrogen-bond acceptors (Lipinski definition) is 5. The van der Waals surface area contributed by atoms with Crippen LogP contribution in [0.4, 0.5) is 8.78 Å². The summed E-state index contributed by atoms with van der Waals surface area (Å²) in [5, 5.41) is 15.4. The van der Waals surface area contributed by atoms with Crippen LogP contribution in [0.2, 0.25) is 0 Å². The van der Waals surface area contributed by atoms with Gasteiger partial charge in [0.25, 0.3) is 0 Å². The fraction of sp³-hybridized carbons (Fsp3) is 0.613. The summed E-state index contributed by atoms with van der Waals surface area (Å²) in [4.78, 5) is 7.23. The van der Waals surface area contributed by atoms with Crippen molar-refractivity contribution in [2.24, 2.45) is 5.92 Å². The second kappa shape index (κ2) is 13.0. The van der Waals surface area contributed by atoms with Gasteiger partial charge in [0.1, 0.15) is 11.6 Å². The van der Waals surface area contributed by atoms with Crippen LogP contribution >= 0.6 is 0 Å². The molecule has 2 heterocycles. The highest BCUT2D eigenvalue weighted by Gasteiger charge is 2.43. The van der Waals surface area contributed by atoms with E-state index in [0.717, 1.165) is 43.1 Å². The Morgan fingerprint density at radius 1 is 1.00 bits per heavy atom. The normalized spacial score (nSPS) is 25.8. The zero-order valence-corrected chi connectivity index (χ0v) is 23.5. The first kappa shape index (κ1) is 29.1.